The molecule has 7 heteroatoms. The van der Waals surface area contributed by atoms with Crippen LogP contribution in [0.5, 0.6) is 5.75 Å². The van der Waals surface area contributed by atoms with Crippen LogP contribution in [0.2, 0.25) is 0 Å². The number of hydrogen-bond donors (Lipinski definition) is 2. The number of aromatic amines is 1. The summed E-state index contributed by atoms with van der Waals surface area (Å²) in [6, 6.07) is 7.53. The molecule has 1 aromatic heterocycles. The van der Waals surface area contributed by atoms with E-state index in [2.05, 4.69) is 10.2 Å². The van der Waals surface area contributed by atoms with Crippen LogP contribution in [0.15, 0.2) is 24.3 Å². The van der Waals surface area contributed by atoms with E-state index in [0.29, 0.717) is 18.7 Å². The summed E-state index contributed by atoms with van der Waals surface area (Å²) >= 11 is 0. The lowest BCUT2D eigenvalue weighted by Crippen LogP contribution is -2.34. The molecule has 2 aromatic rings. The van der Waals surface area contributed by atoms with Crippen molar-refractivity contribution in [1.82, 2.24) is 15.1 Å². The summed E-state index contributed by atoms with van der Waals surface area (Å²) < 4.78 is 10.9. The number of H-pyrrole nitrogens is 1. The third-order valence-corrected chi connectivity index (χ3v) is 4.63. The number of rotatable bonds is 6. The summed E-state index contributed by atoms with van der Waals surface area (Å²) in [4.78, 5) is 14.7. The Bertz CT molecular complexity index is 757. The second kappa shape index (κ2) is 7.88. The lowest BCUT2D eigenvalue weighted by Gasteiger charge is -2.26. The van der Waals surface area contributed by atoms with Gasteiger partial charge in [-0.3, -0.25) is 9.89 Å². The van der Waals surface area contributed by atoms with Gasteiger partial charge in [0.2, 0.25) is 0 Å². The lowest BCUT2D eigenvalue weighted by molar-refractivity contribution is -0.00703. The van der Waals surface area contributed by atoms with Crippen molar-refractivity contribution in [3.63, 3.8) is 0 Å². The fourth-order valence-electron chi connectivity index (χ4n) is 3.32. The number of methoxy groups -OCH3 is 1. The van der Waals surface area contributed by atoms with Gasteiger partial charge in [-0.05, 0) is 31.5 Å². The minimum Gasteiger partial charge on any atom is -0.497 e. The Labute approximate surface area is 152 Å². The number of carbonyl (C=O) groups is 1. The number of ether oxygens (including phenoxy) is 2. The highest BCUT2D eigenvalue weighted by molar-refractivity contribution is 5.94. The monoisotopic (exact) mass is 359 g/mol. The number of nitrogens with one attached hydrogen (secondary N) is 1. The van der Waals surface area contributed by atoms with Gasteiger partial charge >= 0.3 is 0 Å². The first-order chi connectivity index (χ1) is 12.5. The normalized spacial score (nSPS) is 19.1. The highest BCUT2D eigenvalue weighted by Gasteiger charge is 2.31. The predicted molar refractivity (Wildman–Crippen MR) is 96.1 cm³/mol. The number of amides is 1. The molecule has 7 nitrogen and oxygen atoms in total. The Kier molecular flexibility index (Phi) is 5.58. The van der Waals surface area contributed by atoms with Crippen LogP contribution >= 0.6 is 0 Å². The van der Waals surface area contributed by atoms with Crippen molar-refractivity contribution < 1.29 is 19.4 Å². The molecule has 0 saturated heterocycles. The van der Waals surface area contributed by atoms with Gasteiger partial charge in [0, 0.05) is 25.1 Å². The van der Waals surface area contributed by atoms with E-state index in [0.717, 1.165) is 22.6 Å². The Morgan fingerprint density at radius 3 is 2.77 bits per heavy atom. The summed E-state index contributed by atoms with van der Waals surface area (Å²) in [5.41, 5.74) is 3.16. The molecule has 0 unspecified atom stereocenters. The van der Waals surface area contributed by atoms with Gasteiger partial charge in [-0.15, -0.1) is 0 Å². The van der Waals surface area contributed by atoms with E-state index < -0.39 is 0 Å². The summed E-state index contributed by atoms with van der Waals surface area (Å²) in [5.74, 6) is 0.576. The zero-order valence-electron chi connectivity index (χ0n) is 15.4. The van der Waals surface area contributed by atoms with E-state index in [1.807, 2.05) is 38.1 Å². The van der Waals surface area contributed by atoms with Crippen LogP contribution in [-0.2, 0) is 17.7 Å². The highest BCUT2D eigenvalue weighted by atomic mass is 16.5. The molecule has 1 aliphatic heterocycles. The molecule has 0 radical (unpaired) electrons. The number of aliphatic hydroxyl groups is 1. The van der Waals surface area contributed by atoms with Gasteiger partial charge in [0.05, 0.1) is 31.6 Å². The van der Waals surface area contributed by atoms with Crippen molar-refractivity contribution in [2.75, 3.05) is 20.3 Å². The third-order valence-electron chi connectivity index (χ3n) is 4.63. The van der Waals surface area contributed by atoms with Crippen LogP contribution in [0, 0.1) is 0 Å². The standard InChI is InChI=1S/C19H25N3O4/c1-12-10-16-17(13(2)26-12)20-21-18(16)19(24)22(8-9-23)11-14-4-6-15(25-3)7-5-14/h4-7,12-13,23H,8-11H2,1-3H3,(H,20,21)/t12-,13+/m0/s1. The molecule has 2 atom stereocenters. The number of carbonyl (C=O) groups excluding carboxylic acids is 1. The number of aliphatic hydroxyl groups excluding tert-OH is 1. The van der Waals surface area contributed by atoms with Crippen LogP contribution in [0.1, 0.15) is 47.3 Å². The van der Waals surface area contributed by atoms with Crippen molar-refractivity contribution in [3.8, 4) is 5.75 Å². The quantitative estimate of drug-likeness (QED) is 0.824. The molecule has 1 amide bonds. The molecule has 2 heterocycles. The lowest BCUT2D eigenvalue weighted by atomic mass is 9.99. The molecule has 3 rings (SSSR count). The van der Waals surface area contributed by atoms with Crippen LogP contribution in [0.4, 0.5) is 0 Å². The average Bonchev–Trinajstić information content (AvgIpc) is 3.05. The maximum absolute atomic E-state index is 13.1. The molecule has 1 aromatic carbocycles. The van der Waals surface area contributed by atoms with Gasteiger partial charge < -0.3 is 19.5 Å². The Morgan fingerprint density at radius 1 is 1.38 bits per heavy atom. The second-order valence-electron chi connectivity index (χ2n) is 6.56. The first-order valence-corrected chi connectivity index (χ1v) is 8.79. The topological polar surface area (TPSA) is 87.7 Å². The van der Waals surface area contributed by atoms with Crippen LogP contribution in [0.3, 0.4) is 0 Å². The van der Waals surface area contributed by atoms with Crippen molar-refractivity contribution >= 4 is 5.91 Å². The Balaban J connectivity index is 1.83. The smallest absolute Gasteiger partial charge is 0.275 e. The zero-order valence-corrected chi connectivity index (χ0v) is 15.4. The molecule has 0 bridgehead atoms. The largest absolute Gasteiger partial charge is 0.497 e. The number of hydrogen-bond acceptors (Lipinski definition) is 5. The Morgan fingerprint density at radius 2 is 2.12 bits per heavy atom. The first-order valence-electron chi connectivity index (χ1n) is 8.79. The minimum absolute atomic E-state index is 0.0366. The molecule has 140 valence electrons. The van der Waals surface area contributed by atoms with E-state index in [9.17, 15) is 9.90 Å². The van der Waals surface area contributed by atoms with E-state index in [1.54, 1.807) is 12.0 Å². The maximum atomic E-state index is 13.1. The molecule has 0 fully saturated rings. The van der Waals surface area contributed by atoms with E-state index in [1.165, 1.54) is 0 Å². The molecule has 0 spiro atoms. The Hall–Kier alpha value is -2.38. The van der Waals surface area contributed by atoms with Crippen molar-refractivity contribution in [2.45, 2.75) is 39.0 Å². The van der Waals surface area contributed by atoms with Gasteiger partial charge in [0.25, 0.3) is 5.91 Å². The summed E-state index contributed by atoms with van der Waals surface area (Å²) in [6.45, 7) is 4.47. The summed E-state index contributed by atoms with van der Waals surface area (Å²) in [5, 5.41) is 16.6. The van der Waals surface area contributed by atoms with Gasteiger partial charge in [-0.2, -0.15) is 5.10 Å². The van der Waals surface area contributed by atoms with Crippen molar-refractivity contribution in [2.24, 2.45) is 0 Å². The summed E-state index contributed by atoms with van der Waals surface area (Å²) in [6.07, 6.45) is 0.567. The molecule has 0 aliphatic carbocycles. The van der Waals surface area contributed by atoms with Crippen LogP contribution in [-0.4, -0.2) is 52.5 Å². The number of nitrogens with zero attached hydrogens (tertiary/aromatic N) is 2. The van der Waals surface area contributed by atoms with Crippen molar-refractivity contribution in [1.29, 1.82) is 0 Å². The molecule has 1 aliphatic rings. The fourth-order valence-corrected chi connectivity index (χ4v) is 3.32. The number of aromatic nitrogens is 2. The van der Waals surface area contributed by atoms with Crippen LogP contribution < -0.4 is 4.74 Å². The van der Waals surface area contributed by atoms with Gasteiger partial charge in [-0.25, -0.2) is 0 Å². The SMILES string of the molecule is COc1ccc(CN(CCO)C(=O)c2n[nH]c3c2C[C@H](C)O[C@@H]3C)cc1. The van der Waals surface area contributed by atoms with Crippen molar-refractivity contribution in [3.05, 3.63) is 46.8 Å². The second-order valence-corrected chi connectivity index (χ2v) is 6.56. The predicted octanol–water partition coefficient (Wildman–Crippen LogP) is 2.08. The molecule has 26 heavy (non-hydrogen) atoms. The van der Waals surface area contributed by atoms with E-state index in [4.69, 9.17) is 9.47 Å². The molecule has 2 N–H and O–H groups in total. The number of benzene rings is 1. The maximum Gasteiger partial charge on any atom is 0.275 e. The highest BCUT2D eigenvalue weighted by Crippen LogP contribution is 2.30. The number of fused-ring (bicyclic) bond motifs is 1. The molecular weight excluding hydrogens is 334 g/mol. The zero-order chi connectivity index (χ0) is 18.7. The van der Waals surface area contributed by atoms with Gasteiger partial charge in [0.15, 0.2) is 5.69 Å². The third kappa shape index (κ3) is 3.73. The summed E-state index contributed by atoms with van der Waals surface area (Å²) in [7, 11) is 1.61. The first kappa shape index (κ1) is 18.4. The molecular formula is C19H25N3O4. The van der Waals surface area contributed by atoms with Gasteiger partial charge in [0.1, 0.15) is 5.75 Å². The van der Waals surface area contributed by atoms with E-state index in [-0.39, 0.29) is 31.3 Å². The van der Waals surface area contributed by atoms with Gasteiger partial charge in [-0.1, -0.05) is 12.1 Å². The fraction of sp³-hybridized carbons (Fsp3) is 0.474. The molecule has 0 saturated carbocycles. The van der Waals surface area contributed by atoms with E-state index >= 15 is 0 Å². The minimum atomic E-state index is -0.186. The van der Waals surface area contributed by atoms with Crippen LogP contribution in [0.25, 0.3) is 0 Å². The average molecular weight is 359 g/mol.